The van der Waals surface area contributed by atoms with Gasteiger partial charge in [-0.15, -0.1) is 0 Å². The van der Waals surface area contributed by atoms with E-state index in [1.165, 1.54) is 25.3 Å². The quantitative estimate of drug-likeness (QED) is 0.420. The Bertz CT molecular complexity index is 1080. The van der Waals surface area contributed by atoms with Gasteiger partial charge in [0, 0.05) is 10.0 Å². The zero-order chi connectivity index (χ0) is 19.4. The zero-order valence-electron chi connectivity index (χ0n) is 14.3. The summed E-state index contributed by atoms with van der Waals surface area (Å²) < 4.78 is 36.0. The van der Waals surface area contributed by atoms with Crippen LogP contribution in [0, 0.1) is 0 Å². The monoisotopic (exact) mass is 446 g/mol. The van der Waals surface area contributed by atoms with Crippen LogP contribution >= 0.6 is 15.9 Å². The molecule has 0 N–H and O–H groups in total. The zero-order valence-corrected chi connectivity index (χ0v) is 16.7. The predicted molar refractivity (Wildman–Crippen MR) is 105 cm³/mol. The molecule has 3 aromatic carbocycles. The van der Waals surface area contributed by atoms with Crippen LogP contribution in [0.1, 0.15) is 10.4 Å². The molecule has 0 amide bonds. The van der Waals surface area contributed by atoms with E-state index < -0.39 is 16.1 Å². The van der Waals surface area contributed by atoms with Gasteiger partial charge in [0.15, 0.2) is 5.75 Å². The van der Waals surface area contributed by atoms with Gasteiger partial charge < -0.3 is 8.92 Å². The van der Waals surface area contributed by atoms with Crippen LogP contribution in [-0.2, 0) is 14.9 Å². The standard InChI is InChI=1S/C20H15BrO5S/c1-25-20(22)17-13-15(11-12-18(17)21)27(23,24)26-19-10-6-5-9-16(19)14-7-3-2-4-8-14/h2-13H,1H3. The van der Waals surface area contributed by atoms with E-state index in [4.69, 9.17) is 4.18 Å². The molecule has 3 aromatic rings. The van der Waals surface area contributed by atoms with Crippen LogP contribution in [0.4, 0.5) is 0 Å². The Morgan fingerprint density at radius 3 is 2.30 bits per heavy atom. The van der Waals surface area contributed by atoms with E-state index in [1.807, 2.05) is 30.3 Å². The molecule has 5 nitrogen and oxygen atoms in total. The second kappa shape index (κ2) is 7.94. The van der Waals surface area contributed by atoms with Crippen molar-refractivity contribution in [3.05, 3.63) is 82.8 Å². The maximum absolute atomic E-state index is 12.8. The molecule has 0 radical (unpaired) electrons. The molecule has 0 aliphatic carbocycles. The molecule has 0 bridgehead atoms. The van der Waals surface area contributed by atoms with Gasteiger partial charge in [0.05, 0.1) is 12.7 Å². The maximum Gasteiger partial charge on any atom is 0.339 e. The second-order valence-electron chi connectivity index (χ2n) is 5.53. The first-order valence-electron chi connectivity index (χ1n) is 7.89. The lowest BCUT2D eigenvalue weighted by atomic mass is 10.1. The largest absolute Gasteiger partial charge is 0.465 e. The van der Waals surface area contributed by atoms with Crippen molar-refractivity contribution in [1.29, 1.82) is 0 Å². The van der Waals surface area contributed by atoms with Crippen molar-refractivity contribution in [2.24, 2.45) is 0 Å². The van der Waals surface area contributed by atoms with Crippen LogP contribution in [0.15, 0.2) is 82.2 Å². The highest BCUT2D eigenvalue weighted by atomic mass is 79.9. The Morgan fingerprint density at radius 1 is 0.926 bits per heavy atom. The molecule has 0 atom stereocenters. The van der Waals surface area contributed by atoms with E-state index in [1.54, 1.807) is 24.3 Å². The predicted octanol–water partition coefficient (Wildman–Crippen LogP) is 4.67. The van der Waals surface area contributed by atoms with Crippen molar-refractivity contribution in [1.82, 2.24) is 0 Å². The number of carbonyl (C=O) groups excluding carboxylic acids is 1. The Hall–Kier alpha value is -2.64. The summed E-state index contributed by atoms with van der Waals surface area (Å²) in [6.45, 7) is 0. The van der Waals surface area contributed by atoms with Crippen molar-refractivity contribution >= 4 is 32.0 Å². The Labute approximate surface area is 165 Å². The summed E-state index contributed by atoms with van der Waals surface area (Å²) >= 11 is 3.21. The molecule has 0 unspecified atom stereocenters. The van der Waals surface area contributed by atoms with E-state index in [-0.39, 0.29) is 16.2 Å². The fourth-order valence-electron chi connectivity index (χ4n) is 2.49. The molecule has 0 heterocycles. The molecular weight excluding hydrogens is 432 g/mol. The lowest BCUT2D eigenvalue weighted by Gasteiger charge is -2.12. The molecule has 0 saturated heterocycles. The van der Waals surface area contributed by atoms with Gasteiger partial charge in [-0.3, -0.25) is 0 Å². The van der Waals surface area contributed by atoms with Gasteiger partial charge >= 0.3 is 16.1 Å². The van der Waals surface area contributed by atoms with Crippen LogP contribution in [-0.4, -0.2) is 21.5 Å². The molecule has 0 saturated carbocycles. The lowest BCUT2D eigenvalue weighted by molar-refractivity contribution is 0.0599. The third-order valence-corrected chi connectivity index (χ3v) is 5.72. The van der Waals surface area contributed by atoms with Crippen molar-refractivity contribution in [2.75, 3.05) is 7.11 Å². The first-order chi connectivity index (χ1) is 12.9. The van der Waals surface area contributed by atoms with Gasteiger partial charge in [-0.2, -0.15) is 8.42 Å². The minimum Gasteiger partial charge on any atom is -0.465 e. The number of carbonyl (C=O) groups is 1. The number of hydrogen-bond acceptors (Lipinski definition) is 5. The fourth-order valence-corrected chi connectivity index (χ4v) is 3.87. The second-order valence-corrected chi connectivity index (χ2v) is 7.93. The van der Waals surface area contributed by atoms with Crippen LogP contribution in [0.5, 0.6) is 5.75 Å². The molecule has 138 valence electrons. The van der Waals surface area contributed by atoms with Gasteiger partial charge in [0.2, 0.25) is 0 Å². The van der Waals surface area contributed by atoms with E-state index in [0.29, 0.717) is 10.0 Å². The van der Waals surface area contributed by atoms with Crippen molar-refractivity contribution < 1.29 is 22.1 Å². The van der Waals surface area contributed by atoms with E-state index >= 15 is 0 Å². The SMILES string of the molecule is COC(=O)c1cc(S(=O)(=O)Oc2ccccc2-c2ccccc2)ccc1Br. The van der Waals surface area contributed by atoms with Crippen molar-refractivity contribution in [3.63, 3.8) is 0 Å². The smallest absolute Gasteiger partial charge is 0.339 e. The summed E-state index contributed by atoms with van der Waals surface area (Å²) in [5.41, 5.74) is 1.57. The van der Waals surface area contributed by atoms with Gasteiger partial charge in [-0.1, -0.05) is 48.5 Å². The molecule has 27 heavy (non-hydrogen) atoms. The number of para-hydroxylation sites is 1. The lowest BCUT2D eigenvalue weighted by Crippen LogP contribution is -2.12. The highest BCUT2D eigenvalue weighted by Crippen LogP contribution is 2.32. The molecule has 7 heteroatoms. The van der Waals surface area contributed by atoms with Crippen LogP contribution < -0.4 is 4.18 Å². The molecule has 0 aliphatic heterocycles. The summed E-state index contributed by atoms with van der Waals surface area (Å²) in [6.07, 6.45) is 0. The third kappa shape index (κ3) is 4.20. The van der Waals surface area contributed by atoms with E-state index in [2.05, 4.69) is 20.7 Å². The minimum absolute atomic E-state index is 0.0959. The summed E-state index contributed by atoms with van der Waals surface area (Å²) in [5, 5.41) is 0. The average Bonchev–Trinajstić information content (AvgIpc) is 2.68. The van der Waals surface area contributed by atoms with Crippen molar-refractivity contribution in [3.8, 4) is 16.9 Å². The molecule has 0 fully saturated rings. The number of ether oxygens (including phenoxy) is 1. The maximum atomic E-state index is 12.8. The summed E-state index contributed by atoms with van der Waals surface area (Å²) in [6, 6.07) is 20.2. The number of esters is 1. The fraction of sp³-hybridized carbons (Fsp3) is 0.0500. The van der Waals surface area contributed by atoms with E-state index in [9.17, 15) is 13.2 Å². The number of methoxy groups -OCH3 is 1. The third-order valence-electron chi connectivity index (χ3n) is 3.80. The number of halogens is 1. The number of rotatable bonds is 5. The molecule has 0 aromatic heterocycles. The Balaban J connectivity index is 2.01. The molecule has 3 rings (SSSR count). The number of hydrogen-bond donors (Lipinski definition) is 0. The van der Waals surface area contributed by atoms with E-state index in [0.717, 1.165) is 5.56 Å². The summed E-state index contributed by atoms with van der Waals surface area (Å²) in [7, 11) is -2.93. The molecule has 0 spiro atoms. The Morgan fingerprint density at radius 2 is 1.59 bits per heavy atom. The normalized spacial score (nSPS) is 11.0. The topological polar surface area (TPSA) is 69.7 Å². The highest BCUT2D eigenvalue weighted by Gasteiger charge is 2.22. The number of benzene rings is 3. The van der Waals surface area contributed by atoms with Crippen molar-refractivity contribution in [2.45, 2.75) is 4.90 Å². The van der Waals surface area contributed by atoms with Gasteiger partial charge in [-0.25, -0.2) is 4.79 Å². The van der Waals surface area contributed by atoms with Crippen LogP contribution in [0.2, 0.25) is 0 Å². The van der Waals surface area contributed by atoms with Gasteiger partial charge in [0.25, 0.3) is 0 Å². The highest BCUT2D eigenvalue weighted by molar-refractivity contribution is 9.10. The first kappa shape index (κ1) is 19.1. The summed E-state index contributed by atoms with van der Waals surface area (Å²) in [4.78, 5) is 11.7. The Kier molecular flexibility index (Phi) is 5.62. The minimum atomic E-state index is -4.15. The van der Waals surface area contributed by atoms with Crippen LogP contribution in [0.25, 0.3) is 11.1 Å². The molecular formula is C20H15BrO5S. The van der Waals surface area contributed by atoms with Crippen LogP contribution in [0.3, 0.4) is 0 Å². The van der Waals surface area contributed by atoms with Gasteiger partial charge in [0.1, 0.15) is 4.90 Å². The van der Waals surface area contributed by atoms with Gasteiger partial charge in [-0.05, 0) is 45.8 Å². The summed E-state index contributed by atoms with van der Waals surface area (Å²) in [5.74, 6) is -0.449. The molecule has 0 aliphatic rings. The first-order valence-corrected chi connectivity index (χ1v) is 10.1. The average molecular weight is 447 g/mol.